The highest BCUT2D eigenvalue weighted by molar-refractivity contribution is 7.98. The van der Waals surface area contributed by atoms with E-state index in [4.69, 9.17) is 0 Å². The lowest BCUT2D eigenvalue weighted by Crippen LogP contribution is -1.94. The Morgan fingerprint density at radius 2 is 1.79 bits per heavy atom. The molecule has 2 aromatic carbocycles. The molecule has 2 aromatic rings. The van der Waals surface area contributed by atoms with Crippen LogP contribution < -0.4 is 0 Å². The van der Waals surface area contributed by atoms with Gasteiger partial charge in [0.1, 0.15) is 12.1 Å². The predicted octanol–water partition coefficient (Wildman–Crippen LogP) is 6.10. The van der Waals surface area contributed by atoms with Crippen LogP contribution in [-0.2, 0) is 4.79 Å². The zero-order chi connectivity index (χ0) is 17.5. The van der Waals surface area contributed by atoms with Gasteiger partial charge in [0.25, 0.3) is 0 Å². The number of carbonyl (C=O) groups is 1. The topological polar surface area (TPSA) is 17.1 Å². The maximum absolute atomic E-state index is 13.7. The van der Waals surface area contributed by atoms with Crippen LogP contribution in [0.25, 0.3) is 17.7 Å². The Morgan fingerprint density at radius 3 is 2.38 bits per heavy atom. The molecule has 124 valence electrons. The van der Waals surface area contributed by atoms with Gasteiger partial charge in [0.15, 0.2) is 0 Å². The Kier molecular flexibility index (Phi) is 6.56. The van der Waals surface area contributed by atoms with Crippen LogP contribution in [0.3, 0.4) is 0 Å². The number of hydrogen-bond acceptors (Lipinski definition) is 2. The Morgan fingerprint density at radius 1 is 1.08 bits per heavy atom. The van der Waals surface area contributed by atoms with Crippen LogP contribution in [0.2, 0.25) is 0 Å². The molecule has 0 fully saturated rings. The molecule has 0 aliphatic rings. The monoisotopic (exact) mass is 340 g/mol. The summed E-state index contributed by atoms with van der Waals surface area (Å²) in [7, 11) is 0. The largest absolute Gasteiger partial charge is 0.303 e. The lowest BCUT2D eigenvalue weighted by atomic mass is 9.93. The molecule has 3 heteroatoms. The minimum atomic E-state index is -0.295. The summed E-state index contributed by atoms with van der Waals surface area (Å²) < 4.78 is 13.7. The second-order valence-electron chi connectivity index (χ2n) is 5.69. The lowest BCUT2D eigenvalue weighted by molar-refractivity contribution is -0.107. The zero-order valence-electron chi connectivity index (χ0n) is 14.2. The van der Waals surface area contributed by atoms with Crippen molar-refractivity contribution in [3.05, 3.63) is 70.5 Å². The summed E-state index contributed by atoms with van der Waals surface area (Å²) in [6.07, 6.45) is 7.17. The van der Waals surface area contributed by atoms with Crippen molar-refractivity contribution < 1.29 is 9.18 Å². The van der Waals surface area contributed by atoms with Crippen molar-refractivity contribution in [2.45, 2.75) is 25.2 Å². The SMILES string of the molecule is CSc1ccc(/C=C\c2ccc(F)cc2C(CC=O)=C(C)C)cc1. The molecule has 0 saturated carbocycles. The van der Waals surface area contributed by atoms with E-state index in [1.165, 1.54) is 17.0 Å². The molecule has 0 spiro atoms. The average molecular weight is 340 g/mol. The molecule has 0 aromatic heterocycles. The molecule has 0 heterocycles. The highest BCUT2D eigenvalue weighted by atomic mass is 32.2. The van der Waals surface area contributed by atoms with Crippen LogP contribution in [0.4, 0.5) is 4.39 Å². The molecule has 0 N–H and O–H groups in total. The fourth-order valence-corrected chi connectivity index (χ4v) is 2.91. The van der Waals surface area contributed by atoms with Crippen molar-refractivity contribution in [1.82, 2.24) is 0 Å². The molecule has 0 aliphatic carbocycles. The predicted molar refractivity (Wildman–Crippen MR) is 103 cm³/mol. The number of rotatable bonds is 6. The first kappa shape index (κ1) is 18.2. The van der Waals surface area contributed by atoms with E-state index in [-0.39, 0.29) is 12.2 Å². The van der Waals surface area contributed by atoms with Crippen molar-refractivity contribution in [2.24, 2.45) is 0 Å². The van der Waals surface area contributed by atoms with Crippen LogP contribution in [0.5, 0.6) is 0 Å². The first-order chi connectivity index (χ1) is 11.5. The summed E-state index contributed by atoms with van der Waals surface area (Å²) in [6.45, 7) is 3.89. The summed E-state index contributed by atoms with van der Waals surface area (Å²) in [5, 5.41) is 0. The minimum absolute atomic E-state index is 0.287. The number of hydrogen-bond donors (Lipinski definition) is 0. The normalized spacial score (nSPS) is 10.8. The number of halogens is 1. The molecular formula is C21H21FOS. The van der Waals surface area contributed by atoms with E-state index in [1.807, 2.05) is 32.3 Å². The smallest absolute Gasteiger partial charge is 0.124 e. The van der Waals surface area contributed by atoms with E-state index >= 15 is 0 Å². The number of thioether (sulfide) groups is 1. The standard InChI is InChI=1S/C21H21FOS/c1-15(2)20(12-13-23)21-14-18(22)9-8-17(21)7-4-16-5-10-19(24-3)11-6-16/h4-11,13-14H,12H2,1-3H3/b7-4-. The summed E-state index contributed by atoms with van der Waals surface area (Å²) in [6, 6.07) is 13.0. The Balaban J connectivity index is 2.41. The fourth-order valence-electron chi connectivity index (χ4n) is 2.50. The first-order valence-electron chi connectivity index (χ1n) is 7.77. The molecular weight excluding hydrogens is 319 g/mol. The number of allylic oxidation sites excluding steroid dienone is 2. The first-order valence-corrected chi connectivity index (χ1v) is 8.99. The van der Waals surface area contributed by atoms with Gasteiger partial charge in [0.2, 0.25) is 0 Å². The van der Waals surface area contributed by atoms with E-state index in [9.17, 15) is 9.18 Å². The summed E-state index contributed by atoms with van der Waals surface area (Å²) >= 11 is 1.70. The van der Waals surface area contributed by atoms with Crippen LogP contribution in [-0.4, -0.2) is 12.5 Å². The van der Waals surface area contributed by atoms with Crippen molar-refractivity contribution >= 4 is 35.8 Å². The van der Waals surface area contributed by atoms with E-state index in [0.717, 1.165) is 34.1 Å². The van der Waals surface area contributed by atoms with Crippen molar-refractivity contribution in [3.63, 3.8) is 0 Å². The lowest BCUT2D eigenvalue weighted by Gasteiger charge is -2.11. The molecule has 24 heavy (non-hydrogen) atoms. The second kappa shape index (κ2) is 8.65. The highest BCUT2D eigenvalue weighted by Gasteiger charge is 2.09. The van der Waals surface area contributed by atoms with E-state index in [2.05, 4.69) is 24.3 Å². The molecule has 0 radical (unpaired) electrons. The molecule has 0 unspecified atom stereocenters. The van der Waals surface area contributed by atoms with Crippen molar-refractivity contribution in [1.29, 1.82) is 0 Å². The van der Waals surface area contributed by atoms with Crippen LogP contribution in [0.1, 0.15) is 37.0 Å². The van der Waals surface area contributed by atoms with Gasteiger partial charge in [-0.2, -0.15) is 0 Å². The van der Waals surface area contributed by atoms with Crippen molar-refractivity contribution in [3.8, 4) is 0 Å². The van der Waals surface area contributed by atoms with Crippen LogP contribution >= 0.6 is 11.8 Å². The molecule has 2 rings (SSSR count). The van der Waals surface area contributed by atoms with Gasteiger partial charge in [-0.05, 0) is 66.6 Å². The van der Waals surface area contributed by atoms with E-state index in [0.29, 0.717) is 0 Å². The maximum Gasteiger partial charge on any atom is 0.124 e. The van der Waals surface area contributed by atoms with Gasteiger partial charge in [0.05, 0.1) is 0 Å². The fraction of sp³-hybridized carbons (Fsp3) is 0.190. The van der Waals surface area contributed by atoms with E-state index in [1.54, 1.807) is 17.8 Å². The number of aldehydes is 1. The van der Waals surface area contributed by atoms with Gasteiger partial charge in [0, 0.05) is 11.3 Å². The third-order valence-electron chi connectivity index (χ3n) is 3.80. The third kappa shape index (κ3) is 4.68. The van der Waals surface area contributed by atoms with Gasteiger partial charge >= 0.3 is 0 Å². The van der Waals surface area contributed by atoms with Gasteiger partial charge in [-0.25, -0.2) is 4.39 Å². The molecule has 0 saturated heterocycles. The van der Waals surface area contributed by atoms with Gasteiger partial charge in [-0.15, -0.1) is 11.8 Å². The zero-order valence-corrected chi connectivity index (χ0v) is 15.0. The summed E-state index contributed by atoms with van der Waals surface area (Å²) in [5.41, 5.74) is 4.66. The summed E-state index contributed by atoms with van der Waals surface area (Å²) in [4.78, 5) is 12.2. The quantitative estimate of drug-likeness (QED) is 0.359. The van der Waals surface area contributed by atoms with Crippen LogP contribution in [0.15, 0.2) is 52.9 Å². The maximum atomic E-state index is 13.7. The molecule has 1 nitrogen and oxygen atoms in total. The highest BCUT2D eigenvalue weighted by Crippen LogP contribution is 2.27. The van der Waals surface area contributed by atoms with Gasteiger partial charge < -0.3 is 4.79 Å². The minimum Gasteiger partial charge on any atom is -0.303 e. The molecule has 0 bridgehead atoms. The van der Waals surface area contributed by atoms with Crippen LogP contribution in [0, 0.1) is 5.82 Å². The van der Waals surface area contributed by atoms with Gasteiger partial charge in [-0.1, -0.05) is 35.9 Å². The number of carbonyl (C=O) groups excluding carboxylic acids is 1. The third-order valence-corrected chi connectivity index (χ3v) is 4.55. The number of benzene rings is 2. The molecule has 0 atom stereocenters. The second-order valence-corrected chi connectivity index (χ2v) is 6.57. The average Bonchev–Trinajstić information content (AvgIpc) is 2.58. The Labute approximate surface area is 147 Å². The van der Waals surface area contributed by atoms with Crippen molar-refractivity contribution in [2.75, 3.05) is 6.26 Å². The Bertz CT molecular complexity index is 769. The van der Waals surface area contributed by atoms with E-state index < -0.39 is 0 Å². The Hall–Kier alpha value is -2.13. The molecule has 0 aliphatic heterocycles. The molecule has 0 amide bonds. The van der Waals surface area contributed by atoms with Gasteiger partial charge in [-0.3, -0.25) is 0 Å². The summed E-state index contributed by atoms with van der Waals surface area (Å²) in [5.74, 6) is -0.295.